The smallest absolute Gasteiger partial charge is 0.00198 e. The highest BCUT2D eigenvalue weighted by atomic mass is 14.2. The summed E-state index contributed by atoms with van der Waals surface area (Å²) in [5, 5.41) is 0. The molecule has 0 bridgehead atoms. The van der Waals surface area contributed by atoms with E-state index in [4.69, 9.17) is 0 Å². The molecule has 2 rings (SSSR count). The number of rotatable bonds is 9. The van der Waals surface area contributed by atoms with Crippen molar-refractivity contribution < 1.29 is 0 Å². The largest absolute Gasteiger partial charge is 0.0844 e. The number of benzene rings is 1. The molecule has 1 aliphatic carbocycles. The maximum atomic E-state index is 2.56. The highest BCUT2D eigenvalue weighted by molar-refractivity contribution is 5.28. The SMILES string of the molecule is CCCCCCCCC1CC=C(C(C)c2ccccc2)CC1. The van der Waals surface area contributed by atoms with Gasteiger partial charge in [-0.3, -0.25) is 0 Å². The maximum Gasteiger partial charge on any atom is 0.00198 e. The van der Waals surface area contributed by atoms with Crippen LogP contribution in [0.3, 0.4) is 0 Å². The second kappa shape index (κ2) is 9.87. The molecule has 0 aromatic heterocycles. The van der Waals surface area contributed by atoms with Crippen LogP contribution in [0.5, 0.6) is 0 Å². The van der Waals surface area contributed by atoms with Crippen molar-refractivity contribution in [2.75, 3.05) is 0 Å². The zero-order valence-electron chi connectivity index (χ0n) is 14.7. The van der Waals surface area contributed by atoms with Crippen molar-refractivity contribution in [1.82, 2.24) is 0 Å². The van der Waals surface area contributed by atoms with Gasteiger partial charge in [0, 0.05) is 5.92 Å². The molecule has 1 aromatic carbocycles. The molecule has 0 nitrogen and oxygen atoms in total. The summed E-state index contributed by atoms with van der Waals surface area (Å²) in [6, 6.07) is 11.0. The van der Waals surface area contributed by atoms with E-state index in [0.717, 1.165) is 5.92 Å². The summed E-state index contributed by atoms with van der Waals surface area (Å²) in [7, 11) is 0. The topological polar surface area (TPSA) is 0 Å². The maximum absolute atomic E-state index is 2.56. The predicted octanol–water partition coefficient (Wildman–Crippen LogP) is 7.27. The van der Waals surface area contributed by atoms with Crippen molar-refractivity contribution in [3.05, 3.63) is 47.5 Å². The van der Waals surface area contributed by atoms with Gasteiger partial charge in [-0.05, 0) is 30.7 Å². The molecular formula is C22H34. The van der Waals surface area contributed by atoms with Gasteiger partial charge in [0.1, 0.15) is 0 Å². The van der Waals surface area contributed by atoms with Crippen LogP contribution in [0, 0.1) is 5.92 Å². The fraction of sp³-hybridized carbons (Fsp3) is 0.636. The second-order valence-electron chi connectivity index (χ2n) is 7.11. The monoisotopic (exact) mass is 298 g/mol. The van der Waals surface area contributed by atoms with E-state index in [2.05, 4.69) is 50.3 Å². The quantitative estimate of drug-likeness (QED) is 0.332. The Labute approximate surface area is 138 Å². The Hall–Kier alpha value is -1.04. The van der Waals surface area contributed by atoms with Gasteiger partial charge in [-0.25, -0.2) is 0 Å². The first-order valence-corrected chi connectivity index (χ1v) is 9.55. The Kier molecular flexibility index (Phi) is 7.77. The molecule has 0 radical (unpaired) electrons. The van der Waals surface area contributed by atoms with Gasteiger partial charge in [0.2, 0.25) is 0 Å². The van der Waals surface area contributed by atoms with Gasteiger partial charge < -0.3 is 0 Å². The lowest BCUT2D eigenvalue weighted by Gasteiger charge is -2.25. The first kappa shape index (κ1) is 17.3. The fourth-order valence-corrected chi connectivity index (χ4v) is 3.73. The summed E-state index contributed by atoms with van der Waals surface area (Å²) in [5.74, 6) is 1.56. The fourth-order valence-electron chi connectivity index (χ4n) is 3.73. The van der Waals surface area contributed by atoms with Crippen molar-refractivity contribution >= 4 is 0 Å². The summed E-state index contributed by atoms with van der Waals surface area (Å²) < 4.78 is 0. The number of hydrogen-bond donors (Lipinski definition) is 0. The second-order valence-corrected chi connectivity index (χ2v) is 7.11. The first-order valence-electron chi connectivity index (χ1n) is 9.55. The molecule has 0 spiro atoms. The van der Waals surface area contributed by atoms with Crippen LogP contribution >= 0.6 is 0 Å². The lowest BCUT2D eigenvalue weighted by Crippen LogP contribution is -2.09. The lowest BCUT2D eigenvalue weighted by molar-refractivity contribution is 0.407. The summed E-state index contributed by atoms with van der Waals surface area (Å²) >= 11 is 0. The Balaban J connectivity index is 1.69. The van der Waals surface area contributed by atoms with E-state index in [9.17, 15) is 0 Å². The van der Waals surface area contributed by atoms with Gasteiger partial charge >= 0.3 is 0 Å². The molecule has 0 aliphatic heterocycles. The molecule has 0 amide bonds. The normalized spacial score (nSPS) is 19.7. The predicted molar refractivity (Wildman–Crippen MR) is 98.3 cm³/mol. The Bertz CT molecular complexity index is 429. The molecule has 22 heavy (non-hydrogen) atoms. The minimum Gasteiger partial charge on any atom is -0.0844 e. The molecule has 1 aromatic rings. The summed E-state index contributed by atoms with van der Waals surface area (Å²) in [4.78, 5) is 0. The average Bonchev–Trinajstić information content (AvgIpc) is 2.59. The van der Waals surface area contributed by atoms with Gasteiger partial charge in [0.05, 0.1) is 0 Å². The highest BCUT2D eigenvalue weighted by Crippen LogP contribution is 2.35. The molecule has 0 N–H and O–H groups in total. The molecule has 0 fully saturated rings. The number of allylic oxidation sites excluding steroid dienone is 2. The molecule has 2 atom stereocenters. The first-order chi connectivity index (χ1) is 10.8. The van der Waals surface area contributed by atoms with Crippen LogP contribution in [0.25, 0.3) is 0 Å². The Morgan fingerprint density at radius 3 is 2.41 bits per heavy atom. The zero-order valence-corrected chi connectivity index (χ0v) is 14.7. The third kappa shape index (κ3) is 5.63. The standard InChI is InChI=1S/C22H34/c1-3-4-5-6-7-9-12-20-15-17-22(18-16-20)19(2)21-13-10-8-11-14-21/h8,10-11,13-14,17,19-20H,3-7,9,12,15-16,18H2,1-2H3. The van der Waals surface area contributed by atoms with Gasteiger partial charge in [-0.2, -0.15) is 0 Å². The zero-order chi connectivity index (χ0) is 15.6. The van der Waals surface area contributed by atoms with Gasteiger partial charge in [0.25, 0.3) is 0 Å². The Morgan fingerprint density at radius 1 is 1.00 bits per heavy atom. The Morgan fingerprint density at radius 2 is 1.73 bits per heavy atom. The highest BCUT2D eigenvalue weighted by Gasteiger charge is 2.18. The molecule has 0 heteroatoms. The summed E-state index contributed by atoms with van der Waals surface area (Å²) in [5.41, 5.74) is 3.15. The van der Waals surface area contributed by atoms with E-state index in [1.165, 1.54) is 69.8 Å². The van der Waals surface area contributed by atoms with E-state index in [1.807, 2.05) is 0 Å². The third-order valence-corrected chi connectivity index (χ3v) is 5.38. The number of hydrogen-bond acceptors (Lipinski definition) is 0. The molecule has 1 aliphatic rings. The van der Waals surface area contributed by atoms with Crippen molar-refractivity contribution in [3.63, 3.8) is 0 Å². The van der Waals surface area contributed by atoms with Crippen LogP contribution in [0.1, 0.15) is 89.5 Å². The summed E-state index contributed by atoms with van der Waals surface area (Å²) in [6.07, 6.45) is 16.6. The summed E-state index contributed by atoms with van der Waals surface area (Å²) in [6.45, 7) is 4.66. The lowest BCUT2D eigenvalue weighted by atomic mass is 9.80. The van der Waals surface area contributed by atoms with E-state index in [-0.39, 0.29) is 0 Å². The minimum absolute atomic E-state index is 0.608. The van der Waals surface area contributed by atoms with Gasteiger partial charge in [0.15, 0.2) is 0 Å². The van der Waals surface area contributed by atoms with Crippen LogP contribution in [0.2, 0.25) is 0 Å². The van der Waals surface area contributed by atoms with Crippen LogP contribution in [-0.2, 0) is 0 Å². The van der Waals surface area contributed by atoms with Gasteiger partial charge in [-0.15, -0.1) is 0 Å². The molecular weight excluding hydrogens is 264 g/mol. The molecule has 0 heterocycles. The van der Waals surface area contributed by atoms with Crippen molar-refractivity contribution in [1.29, 1.82) is 0 Å². The van der Waals surface area contributed by atoms with Crippen molar-refractivity contribution in [2.45, 2.75) is 84.0 Å². The molecule has 0 saturated heterocycles. The molecule has 2 unspecified atom stereocenters. The van der Waals surface area contributed by atoms with E-state index >= 15 is 0 Å². The van der Waals surface area contributed by atoms with Crippen LogP contribution in [-0.4, -0.2) is 0 Å². The van der Waals surface area contributed by atoms with Crippen LogP contribution in [0.15, 0.2) is 42.0 Å². The van der Waals surface area contributed by atoms with Crippen LogP contribution in [0.4, 0.5) is 0 Å². The van der Waals surface area contributed by atoms with Gasteiger partial charge in [-0.1, -0.05) is 101 Å². The van der Waals surface area contributed by atoms with Crippen LogP contribution < -0.4 is 0 Å². The van der Waals surface area contributed by atoms with Crippen molar-refractivity contribution in [3.8, 4) is 0 Å². The minimum atomic E-state index is 0.608. The number of unbranched alkanes of at least 4 members (excludes halogenated alkanes) is 5. The molecule has 122 valence electrons. The van der Waals surface area contributed by atoms with E-state index in [1.54, 1.807) is 5.57 Å². The van der Waals surface area contributed by atoms with E-state index < -0.39 is 0 Å². The van der Waals surface area contributed by atoms with Crippen molar-refractivity contribution in [2.24, 2.45) is 5.92 Å². The average molecular weight is 299 g/mol. The van der Waals surface area contributed by atoms with E-state index in [0.29, 0.717) is 5.92 Å². The third-order valence-electron chi connectivity index (χ3n) is 5.38. The molecule has 0 saturated carbocycles.